The summed E-state index contributed by atoms with van der Waals surface area (Å²) in [5.74, 6) is -0.662. The van der Waals surface area contributed by atoms with E-state index in [-0.39, 0.29) is 0 Å². The summed E-state index contributed by atoms with van der Waals surface area (Å²) in [6.45, 7) is 5.65. The second kappa shape index (κ2) is 5.74. The number of benzene rings is 1. The van der Waals surface area contributed by atoms with Crippen LogP contribution >= 0.6 is 0 Å². The molecular weight excluding hydrogens is 238 g/mol. The minimum Gasteiger partial charge on any atom is -0.481 e. The van der Waals surface area contributed by atoms with Crippen molar-refractivity contribution in [2.45, 2.75) is 39.2 Å². The van der Waals surface area contributed by atoms with Gasteiger partial charge >= 0.3 is 5.97 Å². The van der Waals surface area contributed by atoms with Gasteiger partial charge in [0, 0.05) is 12.6 Å². The van der Waals surface area contributed by atoms with Gasteiger partial charge < -0.3 is 5.11 Å². The third-order valence-electron chi connectivity index (χ3n) is 4.34. The normalized spacial score (nSPS) is 25.4. The number of hydrogen-bond donors (Lipinski definition) is 1. The Labute approximate surface area is 115 Å². The molecule has 1 fully saturated rings. The third kappa shape index (κ3) is 3.35. The van der Waals surface area contributed by atoms with E-state index in [1.54, 1.807) is 0 Å². The first-order chi connectivity index (χ1) is 9.01. The summed E-state index contributed by atoms with van der Waals surface area (Å²) in [4.78, 5) is 13.6. The van der Waals surface area contributed by atoms with Crippen LogP contribution in [0.15, 0.2) is 30.3 Å². The summed E-state index contributed by atoms with van der Waals surface area (Å²) < 4.78 is 0. The Bertz CT molecular complexity index is 432. The summed E-state index contributed by atoms with van der Waals surface area (Å²) in [5.41, 5.74) is 0.802. The molecule has 2 unspecified atom stereocenters. The summed E-state index contributed by atoms with van der Waals surface area (Å²) >= 11 is 0. The zero-order chi connectivity index (χ0) is 13.9. The van der Waals surface area contributed by atoms with Crippen molar-refractivity contribution in [3.63, 3.8) is 0 Å². The minimum atomic E-state index is -0.662. The molecule has 0 bridgehead atoms. The second-order valence-corrected chi connectivity index (χ2v) is 5.96. The molecule has 1 aromatic rings. The zero-order valence-corrected chi connectivity index (χ0v) is 11.8. The topological polar surface area (TPSA) is 40.5 Å². The van der Waals surface area contributed by atoms with Crippen LogP contribution in [0.2, 0.25) is 0 Å². The van der Waals surface area contributed by atoms with Gasteiger partial charge in [0.2, 0.25) is 0 Å². The van der Waals surface area contributed by atoms with E-state index in [4.69, 9.17) is 0 Å². The molecular formula is C16H23NO2. The molecule has 2 rings (SSSR count). The Morgan fingerprint density at radius 1 is 1.42 bits per heavy atom. The van der Waals surface area contributed by atoms with Crippen LogP contribution in [-0.2, 0) is 11.2 Å². The highest BCUT2D eigenvalue weighted by Gasteiger charge is 2.41. The van der Waals surface area contributed by atoms with E-state index in [0.29, 0.717) is 12.6 Å². The quantitative estimate of drug-likeness (QED) is 0.886. The number of aryl methyl sites for hydroxylation is 1. The maximum Gasteiger partial charge on any atom is 0.310 e. The first kappa shape index (κ1) is 14.1. The van der Waals surface area contributed by atoms with Gasteiger partial charge in [0.1, 0.15) is 0 Å². The molecule has 0 amide bonds. The molecule has 104 valence electrons. The van der Waals surface area contributed by atoms with Gasteiger partial charge in [-0.1, -0.05) is 30.3 Å². The molecule has 0 saturated carbocycles. The van der Waals surface area contributed by atoms with Crippen LogP contribution < -0.4 is 0 Å². The van der Waals surface area contributed by atoms with Gasteiger partial charge in [-0.05, 0) is 45.2 Å². The van der Waals surface area contributed by atoms with Crippen LogP contribution in [0.4, 0.5) is 0 Å². The lowest BCUT2D eigenvalue weighted by Crippen LogP contribution is -2.36. The Balaban J connectivity index is 1.85. The number of carboxylic acids is 1. The van der Waals surface area contributed by atoms with E-state index in [1.165, 1.54) is 5.56 Å². The fraction of sp³-hybridized carbons (Fsp3) is 0.562. The third-order valence-corrected chi connectivity index (χ3v) is 4.34. The molecule has 0 aromatic heterocycles. The van der Waals surface area contributed by atoms with Gasteiger partial charge in [-0.3, -0.25) is 9.69 Å². The average molecular weight is 261 g/mol. The first-order valence-electron chi connectivity index (χ1n) is 7.03. The van der Waals surface area contributed by atoms with E-state index in [0.717, 1.165) is 25.8 Å². The Hall–Kier alpha value is -1.35. The van der Waals surface area contributed by atoms with Crippen LogP contribution in [0.1, 0.15) is 32.3 Å². The highest BCUT2D eigenvalue weighted by Crippen LogP contribution is 2.31. The first-order valence-corrected chi connectivity index (χ1v) is 7.03. The molecule has 2 atom stereocenters. The van der Waals surface area contributed by atoms with Crippen LogP contribution in [0, 0.1) is 5.41 Å². The minimum absolute atomic E-state index is 0.446. The monoisotopic (exact) mass is 261 g/mol. The average Bonchev–Trinajstić information content (AvgIpc) is 2.81. The molecule has 1 N–H and O–H groups in total. The summed E-state index contributed by atoms with van der Waals surface area (Å²) in [6, 6.07) is 10.9. The van der Waals surface area contributed by atoms with Crippen molar-refractivity contribution >= 4 is 5.97 Å². The van der Waals surface area contributed by atoms with Gasteiger partial charge in [-0.15, -0.1) is 0 Å². The molecule has 19 heavy (non-hydrogen) atoms. The Kier molecular flexibility index (Phi) is 4.25. The SMILES string of the molecule is CC(CCc1ccccc1)N1CCC(C)(C(=O)O)C1. The largest absolute Gasteiger partial charge is 0.481 e. The van der Waals surface area contributed by atoms with E-state index in [9.17, 15) is 9.90 Å². The maximum absolute atomic E-state index is 11.2. The highest BCUT2D eigenvalue weighted by molar-refractivity contribution is 5.74. The molecule has 1 heterocycles. The summed E-state index contributed by atoms with van der Waals surface area (Å²) in [6.07, 6.45) is 2.90. The lowest BCUT2D eigenvalue weighted by atomic mass is 9.90. The lowest BCUT2D eigenvalue weighted by molar-refractivity contribution is -0.147. The van der Waals surface area contributed by atoms with Crippen LogP contribution in [0.3, 0.4) is 0 Å². The molecule has 0 aliphatic carbocycles. The van der Waals surface area contributed by atoms with Crippen LogP contribution in [0.25, 0.3) is 0 Å². The number of carbonyl (C=O) groups is 1. The van der Waals surface area contributed by atoms with E-state index in [2.05, 4.69) is 36.1 Å². The molecule has 0 spiro atoms. The number of likely N-dealkylation sites (tertiary alicyclic amines) is 1. The smallest absolute Gasteiger partial charge is 0.310 e. The van der Waals surface area contributed by atoms with Crippen LogP contribution in [-0.4, -0.2) is 35.1 Å². The number of rotatable bonds is 5. The second-order valence-electron chi connectivity index (χ2n) is 5.96. The number of hydrogen-bond acceptors (Lipinski definition) is 2. The predicted octanol–water partition coefficient (Wildman–Crippen LogP) is 2.80. The highest BCUT2D eigenvalue weighted by atomic mass is 16.4. The number of aliphatic carboxylic acids is 1. The predicted molar refractivity (Wildman–Crippen MR) is 76.2 cm³/mol. The number of nitrogens with zero attached hydrogens (tertiary/aromatic N) is 1. The molecule has 1 saturated heterocycles. The molecule has 1 aromatic carbocycles. The van der Waals surface area contributed by atoms with Gasteiger partial charge in [0.25, 0.3) is 0 Å². The Morgan fingerprint density at radius 2 is 2.11 bits per heavy atom. The van der Waals surface area contributed by atoms with Crippen molar-refractivity contribution < 1.29 is 9.90 Å². The molecule has 0 radical (unpaired) electrons. The van der Waals surface area contributed by atoms with Crippen molar-refractivity contribution in [1.82, 2.24) is 4.90 Å². The number of carboxylic acid groups (broad SMARTS) is 1. The van der Waals surface area contributed by atoms with Crippen LogP contribution in [0.5, 0.6) is 0 Å². The summed E-state index contributed by atoms with van der Waals surface area (Å²) in [5, 5.41) is 9.25. The molecule has 1 aliphatic rings. The fourth-order valence-electron chi connectivity index (χ4n) is 2.75. The van der Waals surface area contributed by atoms with Crippen molar-refractivity contribution in [3.8, 4) is 0 Å². The van der Waals surface area contributed by atoms with Crippen molar-refractivity contribution in [2.75, 3.05) is 13.1 Å². The van der Waals surface area contributed by atoms with Gasteiger partial charge in [-0.2, -0.15) is 0 Å². The Morgan fingerprint density at radius 3 is 2.68 bits per heavy atom. The zero-order valence-electron chi connectivity index (χ0n) is 11.8. The molecule has 3 heteroatoms. The summed E-state index contributed by atoms with van der Waals surface area (Å²) in [7, 11) is 0. The van der Waals surface area contributed by atoms with Gasteiger partial charge in [0.15, 0.2) is 0 Å². The van der Waals surface area contributed by atoms with E-state index >= 15 is 0 Å². The van der Waals surface area contributed by atoms with E-state index in [1.807, 2.05) is 13.0 Å². The molecule has 3 nitrogen and oxygen atoms in total. The van der Waals surface area contributed by atoms with Crippen molar-refractivity contribution in [1.29, 1.82) is 0 Å². The standard InChI is InChI=1S/C16H23NO2/c1-13(8-9-14-6-4-3-5-7-14)17-11-10-16(2,12-17)15(18)19/h3-7,13H,8-12H2,1-2H3,(H,18,19). The fourth-order valence-corrected chi connectivity index (χ4v) is 2.75. The van der Waals surface area contributed by atoms with Crippen molar-refractivity contribution in [2.24, 2.45) is 5.41 Å². The maximum atomic E-state index is 11.2. The van der Waals surface area contributed by atoms with E-state index < -0.39 is 11.4 Å². The van der Waals surface area contributed by atoms with Gasteiger partial charge in [0.05, 0.1) is 5.41 Å². The molecule has 1 aliphatic heterocycles. The lowest BCUT2D eigenvalue weighted by Gasteiger charge is -2.26. The van der Waals surface area contributed by atoms with Crippen molar-refractivity contribution in [3.05, 3.63) is 35.9 Å². The van der Waals surface area contributed by atoms with Gasteiger partial charge in [-0.25, -0.2) is 0 Å².